The summed E-state index contributed by atoms with van der Waals surface area (Å²) in [6, 6.07) is 0.551. The lowest BCUT2D eigenvalue weighted by Crippen LogP contribution is -2.35. The van der Waals surface area contributed by atoms with E-state index in [0.717, 1.165) is 36.0 Å². The summed E-state index contributed by atoms with van der Waals surface area (Å²) in [4.78, 5) is 11.7. The van der Waals surface area contributed by atoms with E-state index in [1.165, 1.54) is 25.9 Å². The second-order valence-corrected chi connectivity index (χ2v) is 5.54. The highest BCUT2D eigenvalue weighted by molar-refractivity contribution is 5.57. The monoisotopic (exact) mass is 277 g/mol. The van der Waals surface area contributed by atoms with E-state index in [0.29, 0.717) is 6.04 Å². The van der Waals surface area contributed by atoms with Crippen LogP contribution in [0.15, 0.2) is 0 Å². The Balaban J connectivity index is 2.04. The van der Waals surface area contributed by atoms with Gasteiger partial charge >= 0.3 is 0 Å². The average Bonchev–Trinajstić information content (AvgIpc) is 3.00. The largest absolute Gasteiger partial charge is 0.373 e. The Morgan fingerprint density at radius 2 is 1.85 bits per heavy atom. The molecule has 1 aromatic heterocycles. The standard InChI is InChI=1S/C15H27N5/c1-5-13-18-14(16-4)12(3)15(19-13)17-10-11(2)20-8-6-7-9-20/h11H,5-10H2,1-4H3,(H2,16,17,18,19). The van der Waals surface area contributed by atoms with Crippen molar-refractivity contribution in [1.29, 1.82) is 0 Å². The summed E-state index contributed by atoms with van der Waals surface area (Å²) in [6.45, 7) is 9.83. The lowest BCUT2D eigenvalue weighted by Gasteiger charge is -2.24. The molecule has 0 aromatic carbocycles. The van der Waals surface area contributed by atoms with Crippen molar-refractivity contribution < 1.29 is 0 Å². The molecule has 1 aliphatic rings. The Bertz CT molecular complexity index is 440. The molecule has 1 fully saturated rings. The van der Waals surface area contributed by atoms with Crippen molar-refractivity contribution >= 4 is 11.6 Å². The molecule has 1 unspecified atom stereocenters. The van der Waals surface area contributed by atoms with E-state index in [1.54, 1.807) is 0 Å². The summed E-state index contributed by atoms with van der Waals surface area (Å²) in [5.74, 6) is 2.77. The molecule has 0 spiro atoms. The van der Waals surface area contributed by atoms with Gasteiger partial charge in [-0.1, -0.05) is 6.92 Å². The predicted octanol–water partition coefficient (Wildman–Crippen LogP) is 2.29. The van der Waals surface area contributed by atoms with Crippen molar-refractivity contribution in [3.8, 4) is 0 Å². The van der Waals surface area contributed by atoms with E-state index in [-0.39, 0.29) is 0 Å². The maximum Gasteiger partial charge on any atom is 0.134 e. The van der Waals surface area contributed by atoms with Crippen LogP contribution in [0.1, 0.15) is 38.1 Å². The molecule has 5 heteroatoms. The van der Waals surface area contributed by atoms with E-state index >= 15 is 0 Å². The molecule has 0 radical (unpaired) electrons. The summed E-state index contributed by atoms with van der Waals surface area (Å²) in [5, 5.41) is 6.66. The summed E-state index contributed by atoms with van der Waals surface area (Å²) in [7, 11) is 1.91. The molecule has 0 saturated carbocycles. The van der Waals surface area contributed by atoms with Crippen molar-refractivity contribution in [2.75, 3.05) is 37.3 Å². The van der Waals surface area contributed by atoms with Crippen molar-refractivity contribution in [2.24, 2.45) is 0 Å². The number of nitrogens with one attached hydrogen (secondary N) is 2. The van der Waals surface area contributed by atoms with Gasteiger partial charge in [0.05, 0.1) is 0 Å². The summed E-state index contributed by atoms with van der Waals surface area (Å²) in [6.07, 6.45) is 3.52. The molecule has 0 amide bonds. The molecule has 20 heavy (non-hydrogen) atoms. The van der Waals surface area contributed by atoms with Crippen molar-refractivity contribution in [2.45, 2.75) is 46.1 Å². The molecule has 0 bridgehead atoms. The predicted molar refractivity (Wildman–Crippen MR) is 84.5 cm³/mol. The SMILES string of the molecule is CCc1nc(NC)c(C)c(NCC(C)N2CCCC2)n1. The number of hydrogen-bond acceptors (Lipinski definition) is 5. The molecule has 0 aliphatic carbocycles. The number of nitrogens with zero attached hydrogens (tertiary/aromatic N) is 3. The van der Waals surface area contributed by atoms with E-state index in [4.69, 9.17) is 0 Å². The van der Waals surface area contributed by atoms with Crippen LogP contribution in [0.3, 0.4) is 0 Å². The molecule has 2 N–H and O–H groups in total. The summed E-state index contributed by atoms with van der Waals surface area (Å²) < 4.78 is 0. The lowest BCUT2D eigenvalue weighted by atomic mass is 10.2. The van der Waals surface area contributed by atoms with Crippen molar-refractivity contribution in [3.05, 3.63) is 11.4 Å². The third kappa shape index (κ3) is 3.39. The van der Waals surface area contributed by atoms with E-state index < -0.39 is 0 Å². The van der Waals surface area contributed by atoms with Gasteiger partial charge in [0.2, 0.25) is 0 Å². The minimum atomic E-state index is 0.551. The maximum absolute atomic E-state index is 4.62. The normalized spacial score (nSPS) is 17.2. The number of aryl methyl sites for hydroxylation is 1. The minimum absolute atomic E-state index is 0.551. The highest BCUT2D eigenvalue weighted by Crippen LogP contribution is 2.20. The minimum Gasteiger partial charge on any atom is -0.373 e. The van der Waals surface area contributed by atoms with Gasteiger partial charge in [-0.25, -0.2) is 9.97 Å². The molecular formula is C15H27N5. The van der Waals surface area contributed by atoms with Gasteiger partial charge in [0.15, 0.2) is 0 Å². The summed E-state index contributed by atoms with van der Waals surface area (Å²) >= 11 is 0. The molecule has 1 saturated heterocycles. The second-order valence-electron chi connectivity index (χ2n) is 5.54. The van der Waals surface area contributed by atoms with Crippen LogP contribution in [-0.2, 0) is 6.42 Å². The molecule has 1 aromatic rings. The van der Waals surface area contributed by atoms with Crippen molar-refractivity contribution in [1.82, 2.24) is 14.9 Å². The second kappa shape index (κ2) is 6.88. The van der Waals surface area contributed by atoms with Crippen LogP contribution in [0.5, 0.6) is 0 Å². The first kappa shape index (κ1) is 15.0. The van der Waals surface area contributed by atoms with Crippen LogP contribution in [0.2, 0.25) is 0 Å². The zero-order valence-electron chi connectivity index (χ0n) is 13.2. The van der Waals surface area contributed by atoms with Crippen LogP contribution in [0.4, 0.5) is 11.6 Å². The fourth-order valence-electron chi connectivity index (χ4n) is 2.69. The van der Waals surface area contributed by atoms with Gasteiger partial charge in [0.25, 0.3) is 0 Å². The fourth-order valence-corrected chi connectivity index (χ4v) is 2.69. The highest BCUT2D eigenvalue weighted by Gasteiger charge is 2.18. The first-order valence-corrected chi connectivity index (χ1v) is 7.68. The highest BCUT2D eigenvalue weighted by atomic mass is 15.2. The first-order valence-electron chi connectivity index (χ1n) is 7.68. The molecule has 2 rings (SSSR count). The van der Waals surface area contributed by atoms with Crippen LogP contribution in [0, 0.1) is 6.92 Å². The van der Waals surface area contributed by atoms with Gasteiger partial charge in [-0.3, -0.25) is 4.90 Å². The molecule has 1 aliphatic heterocycles. The Morgan fingerprint density at radius 1 is 1.20 bits per heavy atom. The molecule has 1 atom stereocenters. The van der Waals surface area contributed by atoms with Gasteiger partial charge in [-0.05, 0) is 39.8 Å². The number of rotatable bonds is 6. The number of anilines is 2. The topological polar surface area (TPSA) is 53.1 Å². The first-order chi connectivity index (χ1) is 9.65. The molecule has 5 nitrogen and oxygen atoms in total. The Morgan fingerprint density at radius 3 is 2.45 bits per heavy atom. The smallest absolute Gasteiger partial charge is 0.134 e. The van der Waals surface area contributed by atoms with Crippen molar-refractivity contribution in [3.63, 3.8) is 0 Å². The summed E-state index contributed by atoms with van der Waals surface area (Å²) in [5.41, 5.74) is 1.10. The van der Waals surface area contributed by atoms with Crippen LogP contribution in [-0.4, -0.2) is 47.6 Å². The Hall–Kier alpha value is -1.36. The quantitative estimate of drug-likeness (QED) is 0.835. The van der Waals surface area contributed by atoms with Gasteiger partial charge in [0, 0.05) is 31.6 Å². The zero-order chi connectivity index (χ0) is 14.5. The van der Waals surface area contributed by atoms with E-state index in [2.05, 4.69) is 46.3 Å². The molecule has 2 heterocycles. The number of likely N-dealkylation sites (tertiary alicyclic amines) is 1. The lowest BCUT2D eigenvalue weighted by molar-refractivity contribution is 0.269. The fraction of sp³-hybridized carbons (Fsp3) is 0.733. The third-order valence-electron chi connectivity index (χ3n) is 4.07. The molecule has 112 valence electrons. The van der Waals surface area contributed by atoms with Crippen LogP contribution in [0.25, 0.3) is 0 Å². The number of hydrogen-bond donors (Lipinski definition) is 2. The zero-order valence-corrected chi connectivity index (χ0v) is 13.2. The maximum atomic E-state index is 4.62. The van der Waals surface area contributed by atoms with Gasteiger partial charge in [-0.2, -0.15) is 0 Å². The Kier molecular flexibility index (Phi) is 5.17. The van der Waals surface area contributed by atoms with Gasteiger partial charge in [-0.15, -0.1) is 0 Å². The van der Waals surface area contributed by atoms with Gasteiger partial charge < -0.3 is 10.6 Å². The van der Waals surface area contributed by atoms with Crippen LogP contribution < -0.4 is 10.6 Å². The average molecular weight is 277 g/mol. The van der Waals surface area contributed by atoms with E-state index in [1.807, 2.05) is 7.05 Å². The van der Waals surface area contributed by atoms with Crippen LogP contribution >= 0.6 is 0 Å². The third-order valence-corrected chi connectivity index (χ3v) is 4.07. The van der Waals surface area contributed by atoms with Gasteiger partial charge in [0.1, 0.15) is 17.5 Å². The molecular weight excluding hydrogens is 250 g/mol. The Labute approximate surface area is 122 Å². The number of aromatic nitrogens is 2. The van der Waals surface area contributed by atoms with E-state index in [9.17, 15) is 0 Å².